The van der Waals surface area contributed by atoms with Crippen molar-refractivity contribution in [1.29, 1.82) is 0 Å². The minimum Gasteiger partial charge on any atom is -0.497 e. The van der Waals surface area contributed by atoms with Gasteiger partial charge in [-0.25, -0.2) is 4.79 Å². The van der Waals surface area contributed by atoms with Gasteiger partial charge in [-0.05, 0) is 24.6 Å². The first-order valence-electron chi connectivity index (χ1n) is 5.31. The number of carboxylic acid groups (broad SMARTS) is 1. The van der Waals surface area contributed by atoms with Gasteiger partial charge in [0.15, 0.2) is 0 Å². The predicted octanol–water partition coefficient (Wildman–Crippen LogP) is 0.994. The van der Waals surface area contributed by atoms with Crippen LogP contribution < -0.4 is 4.74 Å². The summed E-state index contributed by atoms with van der Waals surface area (Å²) in [5.41, 5.74) is 0.454. The van der Waals surface area contributed by atoms with Crippen molar-refractivity contribution in [3.8, 4) is 5.75 Å². The monoisotopic (exact) mass is 235 g/mol. The van der Waals surface area contributed by atoms with E-state index >= 15 is 0 Å². The van der Waals surface area contributed by atoms with E-state index in [0.29, 0.717) is 24.3 Å². The molecule has 1 aromatic rings. The summed E-state index contributed by atoms with van der Waals surface area (Å²) in [5.74, 6) is -0.627. The van der Waals surface area contributed by atoms with Crippen LogP contribution in [0.15, 0.2) is 24.3 Å². The molecule has 0 bridgehead atoms. The number of carboxylic acids is 1. The molecule has 17 heavy (non-hydrogen) atoms. The number of rotatable bonds is 3. The van der Waals surface area contributed by atoms with E-state index in [1.165, 1.54) is 12.0 Å². The SMILES string of the molecule is COc1cccc(C(=O)N2CCC2C(=O)O)c1. The third kappa shape index (κ3) is 2.08. The molecule has 1 aliphatic rings. The van der Waals surface area contributed by atoms with Crippen LogP contribution in [0.4, 0.5) is 0 Å². The average Bonchev–Trinajstić information content (AvgIpc) is 2.26. The van der Waals surface area contributed by atoms with E-state index in [0.717, 1.165) is 0 Å². The molecule has 1 unspecified atom stereocenters. The fourth-order valence-corrected chi connectivity index (χ4v) is 1.81. The summed E-state index contributed by atoms with van der Waals surface area (Å²) in [5, 5.41) is 8.88. The summed E-state index contributed by atoms with van der Waals surface area (Å²) in [6, 6.07) is 6.03. The van der Waals surface area contributed by atoms with Crippen LogP contribution in [-0.4, -0.2) is 41.6 Å². The minimum atomic E-state index is -0.951. The van der Waals surface area contributed by atoms with E-state index in [2.05, 4.69) is 0 Å². The third-order valence-corrected chi connectivity index (χ3v) is 2.88. The average molecular weight is 235 g/mol. The van der Waals surface area contributed by atoms with Crippen LogP contribution in [0.2, 0.25) is 0 Å². The van der Waals surface area contributed by atoms with Crippen LogP contribution in [0.3, 0.4) is 0 Å². The molecule has 5 nitrogen and oxygen atoms in total. The maximum Gasteiger partial charge on any atom is 0.326 e. The van der Waals surface area contributed by atoms with Crippen LogP contribution in [0, 0.1) is 0 Å². The van der Waals surface area contributed by atoms with Crippen molar-refractivity contribution in [3.63, 3.8) is 0 Å². The molecule has 1 aromatic carbocycles. The van der Waals surface area contributed by atoms with Gasteiger partial charge in [-0.1, -0.05) is 6.07 Å². The number of carbonyl (C=O) groups is 2. The zero-order chi connectivity index (χ0) is 12.4. The molecule has 90 valence electrons. The molecule has 2 rings (SSSR count). The molecule has 1 heterocycles. The lowest BCUT2D eigenvalue weighted by Crippen LogP contribution is -2.55. The van der Waals surface area contributed by atoms with Crippen LogP contribution in [0.5, 0.6) is 5.75 Å². The Balaban J connectivity index is 2.17. The molecule has 0 aromatic heterocycles. The zero-order valence-electron chi connectivity index (χ0n) is 9.42. The second-order valence-corrected chi connectivity index (χ2v) is 3.87. The van der Waals surface area contributed by atoms with Crippen LogP contribution in [-0.2, 0) is 4.79 Å². The molecule has 1 aliphatic heterocycles. The lowest BCUT2D eigenvalue weighted by Gasteiger charge is -2.37. The number of nitrogens with zero attached hydrogens (tertiary/aromatic N) is 1. The van der Waals surface area contributed by atoms with Gasteiger partial charge in [-0.2, -0.15) is 0 Å². The lowest BCUT2D eigenvalue weighted by molar-refractivity contribution is -0.146. The second kappa shape index (κ2) is 4.45. The number of benzene rings is 1. The Hall–Kier alpha value is -2.04. The summed E-state index contributed by atoms with van der Waals surface area (Å²) >= 11 is 0. The number of aliphatic carboxylic acids is 1. The quantitative estimate of drug-likeness (QED) is 0.848. The highest BCUT2D eigenvalue weighted by atomic mass is 16.5. The Morgan fingerprint density at radius 2 is 2.24 bits per heavy atom. The first kappa shape index (κ1) is 11.4. The van der Waals surface area contributed by atoms with Crippen LogP contribution >= 0.6 is 0 Å². The van der Waals surface area contributed by atoms with Gasteiger partial charge < -0.3 is 14.7 Å². The van der Waals surface area contributed by atoms with Gasteiger partial charge in [0.05, 0.1) is 7.11 Å². The van der Waals surface area contributed by atoms with Gasteiger partial charge in [0.25, 0.3) is 5.91 Å². The molecule has 1 N–H and O–H groups in total. The Labute approximate surface area is 98.6 Å². The Kier molecular flexibility index (Phi) is 2.99. The van der Waals surface area contributed by atoms with Gasteiger partial charge in [0.2, 0.25) is 0 Å². The van der Waals surface area contributed by atoms with Gasteiger partial charge in [-0.3, -0.25) is 4.79 Å². The molecule has 1 fully saturated rings. The Morgan fingerprint density at radius 3 is 2.76 bits per heavy atom. The number of likely N-dealkylation sites (tertiary alicyclic amines) is 1. The van der Waals surface area contributed by atoms with Gasteiger partial charge in [0, 0.05) is 12.1 Å². The molecule has 0 aliphatic carbocycles. The molecule has 1 amide bonds. The fourth-order valence-electron chi connectivity index (χ4n) is 1.81. The summed E-state index contributed by atoms with van der Waals surface area (Å²) in [4.78, 5) is 24.2. The largest absolute Gasteiger partial charge is 0.497 e. The lowest BCUT2D eigenvalue weighted by atomic mass is 10.0. The van der Waals surface area contributed by atoms with E-state index in [-0.39, 0.29) is 5.91 Å². The molecule has 1 saturated heterocycles. The number of amides is 1. The summed E-state index contributed by atoms with van der Waals surface area (Å²) in [7, 11) is 1.52. The van der Waals surface area contributed by atoms with Crippen molar-refractivity contribution in [2.75, 3.05) is 13.7 Å². The van der Waals surface area contributed by atoms with Gasteiger partial charge in [-0.15, -0.1) is 0 Å². The summed E-state index contributed by atoms with van der Waals surface area (Å²) < 4.78 is 5.02. The topological polar surface area (TPSA) is 66.8 Å². The van der Waals surface area contributed by atoms with Crippen molar-refractivity contribution in [3.05, 3.63) is 29.8 Å². The molecule has 0 saturated carbocycles. The molecule has 0 spiro atoms. The molecular formula is C12H13NO4. The van der Waals surface area contributed by atoms with Crippen molar-refractivity contribution in [1.82, 2.24) is 4.90 Å². The standard InChI is InChI=1S/C12H13NO4/c1-17-9-4-2-3-8(7-9)11(14)13-6-5-10(13)12(15)16/h2-4,7,10H,5-6H2,1H3,(H,15,16). The van der Waals surface area contributed by atoms with Crippen molar-refractivity contribution < 1.29 is 19.4 Å². The fraction of sp³-hybridized carbons (Fsp3) is 0.333. The Morgan fingerprint density at radius 1 is 1.47 bits per heavy atom. The Bertz CT molecular complexity index is 458. The van der Waals surface area contributed by atoms with E-state index in [1.54, 1.807) is 24.3 Å². The zero-order valence-corrected chi connectivity index (χ0v) is 9.42. The smallest absolute Gasteiger partial charge is 0.326 e. The van der Waals surface area contributed by atoms with E-state index < -0.39 is 12.0 Å². The highest BCUT2D eigenvalue weighted by Gasteiger charge is 2.37. The minimum absolute atomic E-state index is 0.262. The van der Waals surface area contributed by atoms with Crippen molar-refractivity contribution >= 4 is 11.9 Å². The number of hydrogen-bond donors (Lipinski definition) is 1. The van der Waals surface area contributed by atoms with Crippen molar-refractivity contribution in [2.24, 2.45) is 0 Å². The first-order valence-corrected chi connectivity index (χ1v) is 5.31. The molecule has 5 heteroatoms. The van der Waals surface area contributed by atoms with Crippen LogP contribution in [0.1, 0.15) is 16.8 Å². The van der Waals surface area contributed by atoms with E-state index in [4.69, 9.17) is 9.84 Å². The molecule has 0 radical (unpaired) electrons. The number of hydrogen-bond acceptors (Lipinski definition) is 3. The molecular weight excluding hydrogens is 222 g/mol. The van der Waals surface area contributed by atoms with Crippen LogP contribution in [0.25, 0.3) is 0 Å². The van der Waals surface area contributed by atoms with E-state index in [1.807, 2.05) is 0 Å². The number of carbonyl (C=O) groups excluding carboxylic acids is 1. The van der Waals surface area contributed by atoms with E-state index in [9.17, 15) is 9.59 Å². The maximum absolute atomic E-state index is 12.0. The maximum atomic E-state index is 12.0. The highest BCUT2D eigenvalue weighted by Crippen LogP contribution is 2.22. The van der Waals surface area contributed by atoms with Crippen molar-refractivity contribution in [2.45, 2.75) is 12.5 Å². The molecule has 1 atom stereocenters. The first-order chi connectivity index (χ1) is 8.13. The van der Waals surface area contributed by atoms with Gasteiger partial charge in [0.1, 0.15) is 11.8 Å². The second-order valence-electron chi connectivity index (χ2n) is 3.87. The number of ether oxygens (including phenoxy) is 1. The normalized spacial score (nSPS) is 18.4. The van der Waals surface area contributed by atoms with Gasteiger partial charge >= 0.3 is 5.97 Å². The third-order valence-electron chi connectivity index (χ3n) is 2.88. The predicted molar refractivity (Wildman–Crippen MR) is 60.1 cm³/mol. The summed E-state index contributed by atoms with van der Waals surface area (Å²) in [6.45, 7) is 0.493. The summed E-state index contributed by atoms with van der Waals surface area (Å²) in [6.07, 6.45) is 0.519. The number of methoxy groups -OCH3 is 1. The highest BCUT2D eigenvalue weighted by molar-refractivity contribution is 5.97.